The molecule has 0 fully saturated rings. The lowest BCUT2D eigenvalue weighted by Crippen LogP contribution is -2.17. The maximum Gasteiger partial charge on any atom is 0.0165 e. The van der Waals surface area contributed by atoms with Crippen LogP contribution in [0, 0.1) is 0 Å². The normalized spacial score (nSPS) is 15.7. The summed E-state index contributed by atoms with van der Waals surface area (Å²) in [4.78, 5) is 0. The Labute approximate surface area is 268 Å². The highest BCUT2D eigenvalue weighted by atomic mass is 14.5. The van der Waals surface area contributed by atoms with Crippen LogP contribution in [0.25, 0.3) is 86.9 Å². The second kappa shape index (κ2) is 7.95. The van der Waals surface area contributed by atoms with Gasteiger partial charge in [-0.15, -0.1) is 0 Å². The Morgan fingerprint density at radius 3 is 1.74 bits per heavy atom. The molecular weight excluding hydrogens is 553 g/mol. The molecule has 0 heteroatoms. The van der Waals surface area contributed by atoms with Crippen LogP contribution < -0.4 is 0 Å². The fraction of sp³-hybridized carbons (Fsp3) is 0.130. The summed E-state index contributed by atoms with van der Waals surface area (Å²) in [5, 5.41) is 16.3. The van der Waals surface area contributed by atoms with Crippen molar-refractivity contribution in [2.45, 2.75) is 38.5 Å². The molecule has 216 valence electrons. The highest BCUT2D eigenvalue weighted by molar-refractivity contribution is 6.28. The van der Waals surface area contributed by atoms with Crippen LogP contribution in [-0.4, -0.2) is 0 Å². The molecule has 9 aromatic carbocycles. The average Bonchev–Trinajstić information content (AvgIpc) is 3.45. The van der Waals surface area contributed by atoms with E-state index in [1.165, 1.54) is 109 Å². The highest BCUT2D eigenvalue weighted by Crippen LogP contribution is 2.60. The van der Waals surface area contributed by atoms with Crippen molar-refractivity contribution in [3.8, 4) is 22.3 Å². The first-order valence-corrected chi connectivity index (χ1v) is 16.6. The molecule has 0 spiro atoms. The van der Waals surface area contributed by atoms with Crippen LogP contribution in [-0.2, 0) is 10.8 Å². The van der Waals surface area contributed by atoms with Crippen molar-refractivity contribution in [1.29, 1.82) is 0 Å². The molecule has 0 saturated carbocycles. The van der Waals surface area contributed by atoms with Crippen molar-refractivity contribution in [1.82, 2.24) is 0 Å². The van der Waals surface area contributed by atoms with E-state index < -0.39 is 0 Å². The molecular formula is C46H32. The van der Waals surface area contributed by atoms with E-state index in [9.17, 15) is 0 Å². The zero-order valence-electron chi connectivity index (χ0n) is 26.5. The predicted octanol–water partition coefficient (Wildman–Crippen LogP) is 12.7. The second-order valence-electron chi connectivity index (χ2n) is 14.9. The molecule has 2 aliphatic carbocycles. The van der Waals surface area contributed by atoms with Gasteiger partial charge in [-0.2, -0.15) is 0 Å². The third-order valence-electron chi connectivity index (χ3n) is 11.9. The summed E-state index contributed by atoms with van der Waals surface area (Å²) in [6.45, 7) is 9.79. The van der Waals surface area contributed by atoms with E-state index in [4.69, 9.17) is 0 Å². The van der Waals surface area contributed by atoms with Gasteiger partial charge in [-0.05, 0) is 127 Å². The van der Waals surface area contributed by atoms with Crippen LogP contribution in [0.15, 0.2) is 121 Å². The van der Waals surface area contributed by atoms with Crippen molar-refractivity contribution in [3.63, 3.8) is 0 Å². The predicted molar refractivity (Wildman–Crippen MR) is 198 cm³/mol. The van der Waals surface area contributed by atoms with Gasteiger partial charge in [0, 0.05) is 10.8 Å². The fourth-order valence-corrected chi connectivity index (χ4v) is 9.81. The van der Waals surface area contributed by atoms with Gasteiger partial charge in [0.15, 0.2) is 0 Å². The smallest absolute Gasteiger partial charge is 0.0165 e. The molecule has 2 aliphatic rings. The minimum Gasteiger partial charge on any atom is -0.0616 e. The van der Waals surface area contributed by atoms with E-state index >= 15 is 0 Å². The molecule has 0 aromatic heterocycles. The van der Waals surface area contributed by atoms with Crippen molar-refractivity contribution in [2.24, 2.45) is 0 Å². The summed E-state index contributed by atoms with van der Waals surface area (Å²) in [5.41, 5.74) is 11.2. The van der Waals surface area contributed by atoms with E-state index in [0.29, 0.717) is 0 Å². The van der Waals surface area contributed by atoms with Gasteiger partial charge in [-0.25, -0.2) is 0 Å². The number of fused-ring (bicyclic) bond motifs is 14. The second-order valence-corrected chi connectivity index (χ2v) is 14.9. The molecule has 11 rings (SSSR count). The molecule has 0 aliphatic heterocycles. The Hall–Kier alpha value is -5.20. The van der Waals surface area contributed by atoms with Crippen molar-refractivity contribution >= 4 is 64.6 Å². The van der Waals surface area contributed by atoms with Crippen LogP contribution in [0.3, 0.4) is 0 Å². The fourth-order valence-electron chi connectivity index (χ4n) is 9.81. The molecule has 0 amide bonds. The van der Waals surface area contributed by atoms with Crippen molar-refractivity contribution in [2.75, 3.05) is 0 Å². The first-order valence-electron chi connectivity index (χ1n) is 16.6. The van der Waals surface area contributed by atoms with Crippen LogP contribution in [0.5, 0.6) is 0 Å². The van der Waals surface area contributed by atoms with Gasteiger partial charge in [0.25, 0.3) is 0 Å². The molecule has 0 heterocycles. The van der Waals surface area contributed by atoms with Crippen LogP contribution in [0.1, 0.15) is 49.9 Å². The Balaban J connectivity index is 1.28. The van der Waals surface area contributed by atoms with E-state index in [-0.39, 0.29) is 10.8 Å². The standard InChI is InChI=1S/C46H32/c1-45(2)36-24-35-37(23-34(36)42-32-20-19-27-12-9-11-26-16-17-28(22-38(42)45)40(32)39(26)27)46(3,4)44-33-21-18-25-10-5-6-13-29(25)41(33)30-14-7-8-15-31(30)43(35)44/h5-24H,1-4H3. The van der Waals surface area contributed by atoms with Gasteiger partial charge in [-0.1, -0.05) is 131 Å². The molecule has 0 nitrogen and oxygen atoms in total. The van der Waals surface area contributed by atoms with Gasteiger partial charge in [0.2, 0.25) is 0 Å². The minimum absolute atomic E-state index is 0.111. The summed E-state index contributed by atoms with van der Waals surface area (Å²) in [6, 6.07) is 46.5. The van der Waals surface area contributed by atoms with E-state index in [2.05, 4.69) is 149 Å². The summed E-state index contributed by atoms with van der Waals surface area (Å²) < 4.78 is 0. The molecule has 0 radical (unpaired) electrons. The summed E-state index contributed by atoms with van der Waals surface area (Å²) in [6.07, 6.45) is 0. The molecule has 46 heavy (non-hydrogen) atoms. The molecule has 0 saturated heterocycles. The Kier molecular flexibility index (Phi) is 4.33. The average molecular weight is 585 g/mol. The summed E-state index contributed by atoms with van der Waals surface area (Å²) in [5.74, 6) is 0. The van der Waals surface area contributed by atoms with Crippen LogP contribution >= 0.6 is 0 Å². The number of hydrogen-bond acceptors (Lipinski definition) is 0. The quantitative estimate of drug-likeness (QED) is 0.156. The third kappa shape index (κ3) is 2.76. The van der Waals surface area contributed by atoms with Crippen molar-refractivity contribution < 1.29 is 0 Å². The number of rotatable bonds is 0. The zero-order chi connectivity index (χ0) is 30.7. The highest BCUT2D eigenvalue weighted by Gasteiger charge is 2.44. The van der Waals surface area contributed by atoms with Crippen molar-refractivity contribution in [3.05, 3.63) is 144 Å². The van der Waals surface area contributed by atoms with Gasteiger partial charge in [0.1, 0.15) is 0 Å². The zero-order valence-corrected chi connectivity index (χ0v) is 26.5. The summed E-state index contributed by atoms with van der Waals surface area (Å²) >= 11 is 0. The molecule has 0 atom stereocenters. The van der Waals surface area contributed by atoms with E-state index in [0.717, 1.165) is 0 Å². The first kappa shape index (κ1) is 25.0. The minimum atomic E-state index is -0.152. The lowest BCUT2D eigenvalue weighted by molar-refractivity contribution is 0.655. The van der Waals surface area contributed by atoms with Gasteiger partial charge >= 0.3 is 0 Å². The van der Waals surface area contributed by atoms with Crippen LogP contribution in [0.2, 0.25) is 0 Å². The Bertz CT molecular complexity index is 2830. The molecule has 0 N–H and O–H groups in total. The lowest BCUT2D eigenvalue weighted by Gasteiger charge is -2.25. The topological polar surface area (TPSA) is 0 Å². The summed E-state index contributed by atoms with van der Waals surface area (Å²) in [7, 11) is 0. The SMILES string of the molecule is CC1(C)c2cc3c(cc2-c2c1cc1ccc4cccc5ccc2c1c45)C(C)(C)c1c-3c2ccccc2c2c1ccc1ccccc12. The number of benzene rings is 9. The van der Waals surface area contributed by atoms with E-state index in [1.54, 1.807) is 0 Å². The maximum atomic E-state index is 2.59. The van der Waals surface area contributed by atoms with Gasteiger partial charge in [0.05, 0.1) is 0 Å². The first-order chi connectivity index (χ1) is 22.3. The Morgan fingerprint density at radius 1 is 0.348 bits per heavy atom. The van der Waals surface area contributed by atoms with Gasteiger partial charge in [-0.3, -0.25) is 0 Å². The molecule has 0 bridgehead atoms. The maximum absolute atomic E-state index is 2.59. The third-order valence-corrected chi connectivity index (χ3v) is 11.9. The van der Waals surface area contributed by atoms with Gasteiger partial charge < -0.3 is 0 Å². The lowest BCUT2D eigenvalue weighted by atomic mass is 9.77. The van der Waals surface area contributed by atoms with Crippen LogP contribution in [0.4, 0.5) is 0 Å². The number of hydrogen-bond donors (Lipinski definition) is 0. The Morgan fingerprint density at radius 2 is 0.935 bits per heavy atom. The molecule has 9 aromatic rings. The monoisotopic (exact) mass is 584 g/mol. The molecule has 0 unspecified atom stereocenters. The van der Waals surface area contributed by atoms with E-state index in [1.807, 2.05) is 0 Å². The largest absolute Gasteiger partial charge is 0.0616 e.